The van der Waals surface area contributed by atoms with E-state index in [9.17, 15) is 14.0 Å². The molecular weight excluding hydrogens is 521 g/mol. The lowest BCUT2D eigenvalue weighted by atomic mass is 10.1. The number of nitrogens with zero attached hydrogens (tertiary/aromatic N) is 5. The van der Waals surface area contributed by atoms with Crippen LogP contribution in [0.5, 0.6) is 5.75 Å². The second-order valence-corrected chi connectivity index (χ2v) is 9.96. The largest absolute Gasteiger partial charge is 0.495 e. The fourth-order valence-corrected chi connectivity index (χ4v) is 5.92. The number of methoxy groups -OCH3 is 1. The number of aromatic nitrogens is 5. The second kappa shape index (κ2) is 9.52. The summed E-state index contributed by atoms with van der Waals surface area (Å²) in [7, 11) is 1.60. The lowest BCUT2D eigenvalue weighted by Gasteiger charge is -2.11. The van der Waals surface area contributed by atoms with Crippen LogP contribution in [0.2, 0.25) is 0 Å². The highest BCUT2D eigenvalue weighted by atomic mass is 32.1. The van der Waals surface area contributed by atoms with Crippen molar-refractivity contribution in [1.82, 2.24) is 23.7 Å². The summed E-state index contributed by atoms with van der Waals surface area (Å²) in [6.45, 7) is 3.78. The maximum absolute atomic E-state index is 13.8. The van der Waals surface area contributed by atoms with Crippen LogP contribution in [0.4, 0.5) is 4.39 Å². The van der Waals surface area contributed by atoms with E-state index in [1.54, 1.807) is 13.4 Å². The second-order valence-electron chi connectivity index (χ2n) is 8.96. The Hall–Kier alpha value is -4.77. The van der Waals surface area contributed by atoms with Crippen LogP contribution in [0.15, 0.2) is 81.5 Å². The van der Waals surface area contributed by atoms with Gasteiger partial charge in [-0.2, -0.15) is 0 Å². The normalized spacial score (nSPS) is 11.4. The van der Waals surface area contributed by atoms with Gasteiger partial charge in [-0.05, 0) is 61.4 Å². The molecular formula is C28H22FN5O4S. The molecule has 0 amide bonds. The maximum Gasteiger partial charge on any atom is 0.337 e. The summed E-state index contributed by atoms with van der Waals surface area (Å²) in [6, 6.07) is 11.0. The van der Waals surface area contributed by atoms with E-state index in [1.165, 1.54) is 52.6 Å². The molecule has 39 heavy (non-hydrogen) atoms. The first-order valence-corrected chi connectivity index (χ1v) is 12.8. The number of aryl methyl sites for hydroxylation is 2. The van der Waals surface area contributed by atoms with E-state index in [4.69, 9.17) is 9.15 Å². The number of fused-ring (bicyclic) bond motifs is 1. The molecule has 6 rings (SSSR count). The molecule has 0 saturated carbocycles. The number of ether oxygens (including phenoxy) is 1. The first kappa shape index (κ1) is 24.6. The van der Waals surface area contributed by atoms with Crippen molar-refractivity contribution in [1.29, 1.82) is 0 Å². The van der Waals surface area contributed by atoms with Crippen LogP contribution in [0.1, 0.15) is 17.1 Å². The van der Waals surface area contributed by atoms with Crippen molar-refractivity contribution in [3.8, 4) is 27.6 Å². The number of benzene rings is 2. The minimum atomic E-state index is -0.575. The van der Waals surface area contributed by atoms with Gasteiger partial charge in [-0.15, -0.1) is 11.3 Å². The van der Waals surface area contributed by atoms with E-state index >= 15 is 0 Å². The van der Waals surface area contributed by atoms with Gasteiger partial charge in [0.15, 0.2) is 0 Å². The summed E-state index contributed by atoms with van der Waals surface area (Å²) in [5.74, 6) is 0.477. The van der Waals surface area contributed by atoms with Gasteiger partial charge in [0.05, 0.1) is 42.1 Å². The third-order valence-corrected chi connectivity index (χ3v) is 7.87. The molecule has 4 aromatic heterocycles. The van der Waals surface area contributed by atoms with Gasteiger partial charge in [0, 0.05) is 11.1 Å². The van der Waals surface area contributed by atoms with Crippen LogP contribution < -0.4 is 16.0 Å². The fourth-order valence-electron chi connectivity index (χ4n) is 4.63. The summed E-state index contributed by atoms with van der Waals surface area (Å²) < 4.78 is 29.1. The van der Waals surface area contributed by atoms with Gasteiger partial charge in [-0.1, -0.05) is 6.07 Å². The van der Waals surface area contributed by atoms with Gasteiger partial charge in [-0.25, -0.2) is 23.7 Å². The third kappa shape index (κ3) is 4.16. The molecule has 0 aliphatic rings. The summed E-state index contributed by atoms with van der Waals surface area (Å²) in [4.78, 5) is 37.3. The summed E-state index contributed by atoms with van der Waals surface area (Å²) in [6.07, 6.45) is 6.54. The Morgan fingerprint density at radius 3 is 2.54 bits per heavy atom. The predicted molar refractivity (Wildman–Crippen MR) is 146 cm³/mol. The van der Waals surface area contributed by atoms with Crippen LogP contribution in [-0.2, 0) is 6.54 Å². The van der Waals surface area contributed by atoms with E-state index < -0.39 is 17.1 Å². The van der Waals surface area contributed by atoms with Gasteiger partial charge in [0.2, 0.25) is 5.89 Å². The zero-order chi connectivity index (χ0) is 27.3. The van der Waals surface area contributed by atoms with Crippen LogP contribution >= 0.6 is 11.3 Å². The topological polar surface area (TPSA) is 97.1 Å². The van der Waals surface area contributed by atoms with E-state index in [2.05, 4.69) is 9.97 Å². The molecule has 0 fully saturated rings. The fraction of sp³-hybridized carbons (Fsp3) is 0.143. The highest BCUT2D eigenvalue weighted by Crippen LogP contribution is 2.39. The molecule has 0 bridgehead atoms. The standard InChI is InChI=1S/C28H22FN5O4S/c1-16-13-32(15-31-16)21-9-4-18(12-22(21)37-3)25-17(2)24-26(35)34(20-7-5-19(29)6-8-20)28(36)33(27(24)39-25)14-23-30-10-11-38-23/h4-13,15H,14H2,1-3H3. The zero-order valence-electron chi connectivity index (χ0n) is 21.2. The number of thiophene rings is 1. The minimum absolute atomic E-state index is 0.0193. The molecule has 0 spiro atoms. The van der Waals surface area contributed by atoms with E-state index in [0.717, 1.165) is 26.4 Å². The van der Waals surface area contributed by atoms with Crippen molar-refractivity contribution in [3.05, 3.63) is 111 Å². The number of imidazole rings is 1. The lowest BCUT2D eigenvalue weighted by molar-refractivity contribution is 0.413. The quantitative estimate of drug-likeness (QED) is 0.298. The molecule has 2 aromatic carbocycles. The van der Waals surface area contributed by atoms with Crippen LogP contribution in [0.3, 0.4) is 0 Å². The average Bonchev–Trinajstić information content (AvgIpc) is 3.68. The average molecular weight is 544 g/mol. The van der Waals surface area contributed by atoms with E-state index in [1.807, 2.05) is 42.8 Å². The predicted octanol–water partition coefficient (Wildman–Crippen LogP) is 4.87. The SMILES string of the molecule is COc1cc(-c2sc3c(c2C)c(=O)n(-c2ccc(F)cc2)c(=O)n3Cc2ncco2)ccc1-n1cnc(C)c1. The lowest BCUT2D eigenvalue weighted by Crippen LogP contribution is -2.39. The number of hydrogen-bond acceptors (Lipinski definition) is 7. The molecule has 9 nitrogen and oxygen atoms in total. The molecule has 0 aliphatic heterocycles. The Kier molecular flexibility index (Phi) is 5.99. The Balaban J connectivity index is 1.59. The van der Waals surface area contributed by atoms with Crippen molar-refractivity contribution in [2.75, 3.05) is 7.11 Å². The van der Waals surface area contributed by atoms with Gasteiger partial charge in [0.1, 0.15) is 29.2 Å². The van der Waals surface area contributed by atoms with Gasteiger partial charge >= 0.3 is 5.69 Å². The van der Waals surface area contributed by atoms with E-state index in [-0.39, 0.29) is 12.2 Å². The summed E-state index contributed by atoms with van der Waals surface area (Å²) >= 11 is 1.33. The number of hydrogen-bond donors (Lipinski definition) is 0. The number of rotatable bonds is 6. The molecule has 0 unspecified atom stereocenters. The molecule has 11 heteroatoms. The molecule has 0 N–H and O–H groups in total. The van der Waals surface area contributed by atoms with Crippen molar-refractivity contribution in [2.45, 2.75) is 20.4 Å². The maximum atomic E-state index is 13.8. The minimum Gasteiger partial charge on any atom is -0.495 e. The number of oxazole rings is 1. The molecule has 0 aliphatic carbocycles. The van der Waals surface area contributed by atoms with Crippen molar-refractivity contribution in [3.63, 3.8) is 0 Å². The molecule has 196 valence electrons. The Bertz CT molecular complexity index is 1950. The Morgan fingerprint density at radius 2 is 1.87 bits per heavy atom. The van der Waals surface area contributed by atoms with Gasteiger partial charge < -0.3 is 13.7 Å². The van der Waals surface area contributed by atoms with Crippen molar-refractivity contribution in [2.24, 2.45) is 0 Å². The van der Waals surface area contributed by atoms with Gasteiger partial charge in [-0.3, -0.25) is 9.36 Å². The van der Waals surface area contributed by atoms with E-state index in [0.29, 0.717) is 27.4 Å². The first-order valence-electron chi connectivity index (χ1n) is 12.0. The first-order chi connectivity index (χ1) is 18.9. The van der Waals surface area contributed by atoms with Crippen LogP contribution in [0, 0.1) is 19.7 Å². The molecule has 4 heterocycles. The summed E-state index contributed by atoms with van der Waals surface area (Å²) in [5, 5.41) is 0.388. The zero-order valence-corrected chi connectivity index (χ0v) is 22.0. The monoisotopic (exact) mass is 543 g/mol. The molecule has 0 saturated heterocycles. The molecule has 6 aromatic rings. The summed E-state index contributed by atoms with van der Waals surface area (Å²) in [5.41, 5.74) is 2.45. The number of halogens is 1. The smallest absolute Gasteiger partial charge is 0.337 e. The third-order valence-electron chi connectivity index (χ3n) is 6.51. The molecule has 0 atom stereocenters. The van der Waals surface area contributed by atoms with Crippen molar-refractivity contribution < 1.29 is 13.5 Å². The van der Waals surface area contributed by atoms with Crippen LogP contribution in [0.25, 0.3) is 32.0 Å². The van der Waals surface area contributed by atoms with Crippen LogP contribution in [-0.4, -0.2) is 30.8 Å². The Morgan fingerprint density at radius 1 is 1.08 bits per heavy atom. The highest BCUT2D eigenvalue weighted by molar-refractivity contribution is 7.22. The van der Waals surface area contributed by atoms with Gasteiger partial charge in [0.25, 0.3) is 5.56 Å². The Labute approximate surface area is 225 Å². The molecule has 0 radical (unpaired) electrons. The highest BCUT2D eigenvalue weighted by Gasteiger charge is 2.23. The van der Waals surface area contributed by atoms with Crippen molar-refractivity contribution >= 4 is 21.6 Å².